The number of carbonyl (C=O) groups excluding carboxylic acids is 2. The van der Waals surface area contributed by atoms with Gasteiger partial charge in [-0.05, 0) is 59.2 Å². The van der Waals surface area contributed by atoms with Crippen LogP contribution in [0.25, 0.3) is 11.1 Å². The number of carbonyl (C=O) groups is 2. The summed E-state index contributed by atoms with van der Waals surface area (Å²) in [5.41, 5.74) is 4.04. The normalized spacial score (nSPS) is 18.9. The second-order valence-electron chi connectivity index (χ2n) is 11.2. The summed E-state index contributed by atoms with van der Waals surface area (Å²) in [6.45, 7) is 7.90. The Bertz CT molecular complexity index is 1070. The molecule has 3 aliphatic rings. The second-order valence-corrected chi connectivity index (χ2v) is 11.2. The van der Waals surface area contributed by atoms with E-state index in [2.05, 4.69) is 56.4 Å². The number of ether oxygens (including phenoxy) is 2. The largest absolute Gasteiger partial charge is 0.487 e. The van der Waals surface area contributed by atoms with Crippen molar-refractivity contribution in [3.8, 4) is 16.9 Å². The Hall–Kier alpha value is -3.02. The predicted molar refractivity (Wildman–Crippen MR) is 132 cm³/mol. The smallest absolute Gasteiger partial charge is 0.409 e. The van der Waals surface area contributed by atoms with E-state index in [1.165, 1.54) is 5.56 Å². The van der Waals surface area contributed by atoms with Gasteiger partial charge in [0.15, 0.2) is 0 Å². The van der Waals surface area contributed by atoms with Gasteiger partial charge in [0, 0.05) is 44.0 Å². The third-order valence-electron chi connectivity index (χ3n) is 6.90. The van der Waals surface area contributed by atoms with Crippen LogP contribution >= 0.6 is 0 Å². The zero-order chi connectivity index (χ0) is 23.9. The summed E-state index contributed by atoms with van der Waals surface area (Å²) in [7, 11) is 0. The van der Waals surface area contributed by atoms with Crippen LogP contribution in [0.1, 0.15) is 52.0 Å². The third-order valence-corrected chi connectivity index (χ3v) is 6.90. The first kappa shape index (κ1) is 22.8. The third kappa shape index (κ3) is 5.06. The molecule has 1 saturated carbocycles. The van der Waals surface area contributed by atoms with Gasteiger partial charge in [-0.3, -0.25) is 4.79 Å². The van der Waals surface area contributed by atoms with E-state index in [0.29, 0.717) is 19.7 Å². The summed E-state index contributed by atoms with van der Waals surface area (Å²) in [6, 6.07) is 14.4. The molecule has 180 valence electrons. The highest BCUT2D eigenvalue weighted by molar-refractivity contribution is 5.94. The molecule has 0 unspecified atom stereocenters. The Morgan fingerprint density at radius 2 is 1.74 bits per heavy atom. The van der Waals surface area contributed by atoms with Crippen molar-refractivity contribution in [2.24, 2.45) is 11.3 Å². The number of amides is 2. The number of nitrogens with one attached hydrogen (secondary N) is 1. The molecule has 2 aliphatic heterocycles. The van der Waals surface area contributed by atoms with Crippen LogP contribution in [0.2, 0.25) is 0 Å². The van der Waals surface area contributed by atoms with Crippen LogP contribution in [0.4, 0.5) is 10.5 Å². The molecular weight excluding hydrogens is 428 g/mol. The Kier molecular flexibility index (Phi) is 5.78. The van der Waals surface area contributed by atoms with Crippen LogP contribution in [0.5, 0.6) is 5.75 Å². The summed E-state index contributed by atoms with van der Waals surface area (Å²) in [5, 5.41) is 2.99. The zero-order valence-corrected chi connectivity index (χ0v) is 20.4. The van der Waals surface area contributed by atoms with Gasteiger partial charge in [0.05, 0.1) is 6.61 Å². The first-order chi connectivity index (χ1) is 16.2. The molecule has 2 aromatic carbocycles. The minimum absolute atomic E-state index is 0.0363. The van der Waals surface area contributed by atoms with Crippen LogP contribution in [0, 0.1) is 11.3 Å². The predicted octanol–water partition coefficient (Wildman–Crippen LogP) is 5.65. The van der Waals surface area contributed by atoms with E-state index in [1.54, 1.807) is 4.90 Å². The van der Waals surface area contributed by atoms with Gasteiger partial charge in [0.25, 0.3) is 0 Å². The van der Waals surface area contributed by atoms with E-state index >= 15 is 0 Å². The number of likely N-dealkylation sites (tertiary alicyclic amines) is 1. The molecule has 2 amide bonds. The first-order valence-electron chi connectivity index (χ1n) is 12.3. The van der Waals surface area contributed by atoms with Gasteiger partial charge in [-0.1, -0.05) is 39.0 Å². The number of benzene rings is 2. The maximum Gasteiger partial charge on any atom is 0.409 e. The lowest BCUT2D eigenvalue weighted by molar-refractivity contribution is -0.117. The molecular formula is C28H34N2O4. The van der Waals surface area contributed by atoms with Crippen molar-refractivity contribution >= 4 is 17.7 Å². The van der Waals surface area contributed by atoms with Gasteiger partial charge >= 0.3 is 6.09 Å². The highest BCUT2D eigenvalue weighted by Gasteiger charge is 2.43. The number of hydrogen-bond donors (Lipinski definition) is 1. The van der Waals surface area contributed by atoms with E-state index in [4.69, 9.17) is 9.47 Å². The molecule has 2 heterocycles. The summed E-state index contributed by atoms with van der Waals surface area (Å²) >= 11 is 0. The molecule has 0 bridgehead atoms. The minimum Gasteiger partial charge on any atom is -0.487 e. The van der Waals surface area contributed by atoms with Gasteiger partial charge in [-0.2, -0.15) is 0 Å². The molecule has 5 rings (SSSR count). The number of hydrogen-bond acceptors (Lipinski definition) is 4. The molecule has 0 atom stereocenters. The van der Waals surface area contributed by atoms with Gasteiger partial charge in [-0.15, -0.1) is 0 Å². The SMILES string of the molecule is CC(C)(C)COC(=O)N1CCC2(CC1)Cc1cc(-c3ccc(NC(=O)C4CC4)cc3)ccc1O2. The fraction of sp³-hybridized carbons (Fsp3) is 0.500. The molecule has 1 aliphatic carbocycles. The van der Waals surface area contributed by atoms with Gasteiger partial charge < -0.3 is 19.7 Å². The number of rotatable bonds is 4. The monoisotopic (exact) mass is 462 g/mol. The molecule has 1 saturated heterocycles. The Morgan fingerprint density at radius 1 is 1.06 bits per heavy atom. The van der Waals surface area contributed by atoms with E-state index < -0.39 is 0 Å². The molecule has 1 spiro atoms. The molecule has 6 heteroatoms. The van der Waals surface area contributed by atoms with Crippen LogP contribution in [-0.2, 0) is 16.0 Å². The van der Waals surface area contributed by atoms with Crippen molar-refractivity contribution < 1.29 is 19.1 Å². The molecule has 0 aromatic heterocycles. The Labute approximate surface area is 201 Å². The van der Waals surface area contributed by atoms with Gasteiger partial charge in [0.2, 0.25) is 5.91 Å². The summed E-state index contributed by atoms with van der Waals surface area (Å²) in [6.07, 6.45) is 4.24. The van der Waals surface area contributed by atoms with Crippen molar-refractivity contribution in [3.63, 3.8) is 0 Å². The van der Waals surface area contributed by atoms with Crippen LogP contribution in [-0.4, -0.2) is 42.2 Å². The number of piperidine rings is 1. The van der Waals surface area contributed by atoms with Crippen LogP contribution in [0.3, 0.4) is 0 Å². The van der Waals surface area contributed by atoms with E-state index in [-0.39, 0.29) is 28.9 Å². The number of fused-ring (bicyclic) bond motifs is 1. The second kappa shape index (κ2) is 8.64. The van der Waals surface area contributed by atoms with Crippen molar-refractivity contribution in [3.05, 3.63) is 48.0 Å². The van der Waals surface area contributed by atoms with Gasteiger partial charge in [0.1, 0.15) is 11.4 Å². The van der Waals surface area contributed by atoms with Crippen molar-refractivity contribution in [1.82, 2.24) is 4.90 Å². The zero-order valence-electron chi connectivity index (χ0n) is 20.4. The topological polar surface area (TPSA) is 67.9 Å². The number of anilines is 1. The average molecular weight is 463 g/mol. The number of nitrogens with zero attached hydrogens (tertiary/aromatic N) is 1. The fourth-order valence-electron chi connectivity index (χ4n) is 4.69. The molecule has 2 aromatic rings. The van der Waals surface area contributed by atoms with Crippen molar-refractivity contribution in [1.29, 1.82) is 0 Å². The van der Waals surface area contributed by atoms with E-state index in [9.17, 15) is 9.59 Å². The summed E-state index contributed by atoms with van der Waals surface area (Å²) in [5.74, 6) is 1.27. The first-order valence-corrected chi connectivity index (χ1v) is 12.3. The fourth-order valence-corrected chi connectivity index (χ4v) is 4.69. The van der Waals surface area contributed by atoms with Crippen molar-refractivity contribution in [2.75, 3.05) is 25.0 Å². The summed E-state index contributed by atoms with van der Waals surface area (Å²) in [4.78, 5) is 26.2. The maximum atomic E-state index is 12.4. The van der Waals surface area contributed by atoms with E-state index in [1.807, 2.05) is 12.1 Å². The average Bonchev–Trinajstić information content (AvgIpc) is 3.60. The standard InChI is InChI=1S/C28H34N2O4/c1-27(2,3)18-33-26(32)30-14-12-28(13-15-30)17-22-16-21(8-11-24(22)34-28)19-6-9-23(10-7-19)29-25(31)20-4-5-20/h6-11,16,20H,4-5,12-15,17-18H2,1-3H3,(H,29,31). The van der Waals surface area contributed by atoms with Crippen molar-refractivity contribution in [2.45, 2.75) is 58.5 Å². The highest BCUT2D eigenvalue weighted by atomic mass is 16.6. The highest BCUT2D eigenvalue weighted by Crippen LogP contribution is 2.42. The van der Waals surface area contributed by atoms with Crippen LogP contribution < -0.4 is 10.1 Å². The Balaban J connectivity index is 1.19. The lowest BCUT2D eigenvalue weighted by Gasteiger charge is -2.38. The lowest BCUT2D eigenvalue weighted by atomic mass is 9.86. The lowest BCUT2D eigenvalue weighted by Crippen LogP contribution is -2.49. The van der Waals surface area contributed by atoms with Crippen LogP contribution in [0.15, 0.2) is 42.5 Å². The maximum absolute atomic E-state index is 12.4. The molecule has 6 nitrogen and oxygen atoms in total. The molecule has 34 heavy (non-hydrogen) atoms. The van der Waals surface area contributed by atoms with Gasteiger partial charge in [-0.25, -0.2) is 4.79 Å². The molecule has 2 fully saturated rings. The molecule has 0 radical (unpaired) electrons. The minimum atomic E-state index is -0.237. The quantitative estimate of drug-likeness (QED) is 0.637. The molecule has 1 N–H and O–H groups in total. The summed E-state index contributed by atoms with van der Waals surface area (Å²) < 4.78 is 11.9. The van der Waals surface area contributed by atoms with E-state index in [0.717, 1.165) is 54.7 Å². The Morgan fingerprint density at radius 3 is 2.38 bits per heavy atom.